The molecule has 0 spiro atoms. The van der Waals surface area contributed by atoms with Crippen molar-refractivity contribution < 1.29 is 0 Å². The summed E-state index contributed by atoms with van der Waals surface area (Å²) in [6, 6.07) is 6.11. The number of hydrogen-bond acceptors (Lipinski definition) is 3. The summed E-state index contributed by atoms with van der Waals surface area (Å²) in [5.74, 6) is 0.754. The first kappa shape index (κ1) is 13.3. The molecule has 2 rings (SSSR count). The van der Waals surface area contributed by atoms with E-state index in [4.69, 9.17) is 11.6 Å². The Hall–Kier alpha value is -1.13. The van der Waals surface area contributed by atoms with E-state index in [-0.39, 0.29) is 0 Å². The lowest BCUT2D eigenvalue weighted by Gasteiger charge is -2.12. The number of aryl methyl sites for hydroxylation is 1. The molecule has 0 bridgehead atoms. The van der Waals surface area contributed by atoms with E-state index in [2.05, 4.69) is 37.3 Å². The van der Waals surface area contributed by atoms with Crippen LogP contribution < -0.4 is 5.32 Å². The van der Waals surface area contributed by atoms with E-state index in [0.717, 1.165) is 28.0 Å². The molecule has 0 fully saturated rings. The highest BCUT2D eigenvalue weighted by Crippen LogP contribution is 2.29. The van der Waals surface area contributed by atoms with Crippen LogP contribution in [-0.4, -0.2) is 9.97 Å². The number of rotatable bonds is 3. The summed E-state index contributed by atoms with van der Waals surface area (Å²) >= 11 is 9.58. The molecule has 5 heteroatoms. The molecule has 1 N–H and O–H groups in total. The van der Waals surface area contributed by atoms with Gasteiger partial charge in [-0.15, -0.1) is 0 Å². The van der Waals surface area contributed by atoms with Crippen LogP contribution in [0.15, 0.2) is 29.0 Å². The lowest BCUT2D eigenvalue weighted by molar-refractivity contribution is 1.05. The van der Waals surface area contributed by atoms with Crippen molar-refractivity contribution in [3.05, 3.63) is 45.3 Å². The van der Waals surface area contributed by atoms with Gasteiger partial charge < -0.3 is 5.32 Å². The third-order valence-corrected chi connectivity index (χ3v) is 3.64. The predicted octanol–water partition coefficient (Wildman–Crippen LogP) is 4.51. The zero-order chi connectivity index (χ0) is 13.1. The molecule has 0 unspecified atom stereocenters. The Kier molecular flexibility index (Phi) is 4.19. The maximum absolute atomic E-state index is 6.06. The monoisotopic (exact) mass is 325 g/mol. The van der Waals surface area contributed by atoms with E-state index in [1.165, 1.54) is 11.9 Å². The van der Waals surface area contributed by atoms with Crippen molar-refractivity contribution in [2.45, 2.75) is 20.3 Å². The zero-order valence-electron chi connectivity index (χ0n) is 10.2. The summed E-state index contributed by atoms with van der Waals surface area (Å²) in [5, 5.41) is 3.79. The highest BCUT2D eigenvalue weighted by molar-refractivity contribution is 9.10. The van der Waals surface area contributed by atoms with Crippen LogP contribution in [0.25, 0.3) is 0 Å². The van der Waals surface area contributed by atoms with E-state index >= 15 is 0 Å². The highest BCUT2D eigenvalue weighted by atomic mass is 79.9. The molecule has 1 aromatic carbocycles. The zero-order valence-corrected chi connectivity index (χ0v) is 12.5. The van der Waals surface area contributed by atoms with Gasteiger partial charge in [0.05, 0.1) is 5.69 Å². The van der Waals surface area contributed by atoms with Gasteiger partial charge in [0, 0.05) is 10.0 Å². The Labute approximate surface area is 120 Å². The van der Waals surface area contributed by atoms with Gasteiger partial charge in [0.1, 0.15) is 17.3 Å². The van der Waals surface area contributed by atoms with Crippen molar-refractivity contribution in [2.24, 2.45) is 0 Å². The molecule has 0 aliphatic rings. The van der Waals surface area contributed by atoms with E-state index in [9.17, 15) is 0 Å². The predicted molar refractivity (Wildman–Crippen MR) is 78.6 cm³/mol. The highest BCUT2D eigenvalue weighted by Gasteiger charge is 2.09. The van der Waals surface area contributed by atoms with Gasteiger partial charge in [-0.2, -0.15) is 0 Å². The Morgan fingerprint density at radius 2 is 2.11 bits per heavy atom. The summed E-state index contributed by atoms with van der Waals surface area (Å²) in [5.41, 5.74) is 3.07. The van der Waals surface area contributed by atoms with Crippen molar-refractivity contribution in [2.75, 3.05) is 5.32 Å². The van der Waals surface area contributed by atoms with Crippen molar-refractivity contribution in [1.29, 1.82) is 0 Å². The number of benzene rings is 1. The van der Waals surface area contributed by atoms with Gasteiger partial charge in [-0.05, 0) is 47.0 Å². The number of anilines is 2. The van der Waals surface area contributed by atoms with Crippen LogP contribution in [0, 0.1) is 6.92 Å². The normalized spacial score (nSPS) is 10.4. The van der Waals surface area contributed by atoms with Gasteiger partial charge >= 0.3 is 0 Å². The second-order valence-electron chi connectivity index (χ2n) is 3.95. The Bertz CT molecular complexity index is 572. The van der Waals surface area contributed by atoms with Gasteiger partial charge in [-0.3, -0.25) is 0 Å². The van der Waals surface area contributed by atoms with E-state index < -0.39 is 0 Å². The first-order valence-electron chi connectivity index (χ1n) is 5.64. The molecule has 1 heterocycles. The van der Waals surface area contributed by atoms with E-state index in [1.807, 2.05) is 26.0 Å². The summed E-state index contributed by atoms with van der Waals surface area (Å²) in [6.45, 7) is 4.08. The third kappa shape index (κ3) is 2.82. The van der Waals surface area contributed by atoms with Crippen LogP contribution in [0.1, 0.15) is 18.1 Å². The summed E-state index contributed by atoms with van der Waals surface area (Å²) in [4.78, 5) is 8.24. The molecule has 0 atom stereocenters. The lowest BCUT2D eigenvalue weighted by Crippen LogP contribution is -2.01. The SMILES string of the molecule is CCc1c(Cl)ncnc1Nc1cc(C)ccc1Br. The maximum atomic E-state index is 6.06. The average Bonchev–Trinajstić information content (AvgIpc) is 2.34. The van der Waals surface area contributed by atoms with Crippen LogP contribution in [0.2, 0.25) is 5.15 Å². The van der Waals surface area contributed by atoms with Crippen molar-refractivity contribution in [3.8, 4) is 0 Å². The minimum absolute atomic E-state index is 0.499. The number of hydrogen-bond donors (Lipinski definition) is 1. The molecule has 0 aliphatic carbocycles. The Balaban J connectivity index is 2.40. The fraction of sp³-hybridized carbons (Fsp3) is 0.231. The summed E-state index contributed by atoms with van der Waals surface area (Å²) in [6.07, 6.45) is 2.25. The molecular formula is C13H13BrClN3. The number of nitrogens with one attached hydrogen (secondary N) is 1. The average molecular weight is 327 g/mol. The summed E-state index contributed by atoms with van der Waals surface area (Å²) < 4.78 is 0.991. The fourth-order valence-electron chi connectivity index (χ4n) is 1.67. The molecule has 0 saturated heterocycles. The van der Waals surface area contributed by atoms with Gasteiger partial charge in [-0.25, -0.2) is 9.97 Å². The molecule has 0 saturated carbocycles. The topological polar surface area (TPSA) is 37.8 Å². The number of nitrogens with zero attached hydrogens (tertiary/aromatic N) is 2. The van der Waals surface area contributed by atoms with Crippen LogP contribution in [-0.2, 0) is 6.42 Å². The molecule has 0 radical (unpaired) electrons. The van der Waals surface area contributed by atoms with Crippen molar-refractivity contribution in [1.82, 2.24) is 9.97 Å². The quantitative estimate of drug-likeness (QED) is 0.843. The van der Waals surface area contributed by atoms with E-state index in [1.54, 1.807) is 0 Å². The molecular weight excluding hydrogens is 314 g/mol. The fourth-order valence-corrected chi connectivity index (χ4v) is 2.29. The van der Waals surface area contributed by atoms with Gasteiger partial charge in [0.15, 0.2) is 0 Å². The third-order valence-electron chi connectivity index (χ3n) is 2.62. The van der Waals surface area contributed by atoms with Crippen LogP contribution in [0.5, 0.6) is 0 Å². The second-order valence-corrected chi connectivity index (χ2v) is 5.17. The summed E-state index contributed by atoms with van der Waals surface area (Å²) in [7, 11) is 0. The van der Waals surface area contributed by atoms with Crippen molar-refractivity contribution >= 4 is 39.0 Å². The standard InChI is InChI=1S/C13H13BrClN3/c1-3-9-12(15)16-7-17-13(9)18-11-6-8(2)4-5-10(11)14/h4-7H,3H2,1-2H3,(H,16,17,18). The molecule has 1 aromatic heterocycles. The first-order valence-corrected chi connectivity index (χ1v) is 6.81. The molecule has 94 valence electrons. The number of halogens is 2. The van der Waals surface area contributed by atoms with Gasteiger partial charge in [-0.1, -0.05) is 24.6 Å². The van der Waals surface area contributed by atoms with E-state index in [0.29, 0.717) is 5.15 Å². The minimum Gasteiger partial charge on any atom is -0.339 e. The molecule has 18 heavy (non-hydrogen) atoms. The van der Waals surface area contributed by atoms with Gasteiger partial charge in [0.25, 0.3) is 0 Å². The molecule has 0 aliphatic heterocycles. The minimum atomic E-state index is 0.499. The smallest absolute Gasteiger partial charge is 0.138 e. The lowest BCUT2D eigenvalue weighted by atomic mass is 10.2. The van der Waals surface area contributed by atoms with Gasteiger partial charge in [0.2, 0.25) is 0 Å². The molecule has 3 nitrogen and oxygen atoms in total. The molecule has 2 aromatic rings. The Morgan fingerprint density at radius 3 is 2.83 bits per heavy atom. The number of aromatic nitrogens is 2. The maximum Gasteiger partial charge on any atom is 0.138 e. The first-order chi connectivity index (χ1) is 8.61. The largest absolute Gasteiger partial charge is 0.339 e. The Morgan fingerprint density at radius 1 is 1.33 bits per heavy atom. The molecule has 0 amide bonds. The van der Waals surface area contributed by atoms with Crippen LogP contribution in [0.4, 0.5) is 11.5 Å². The van der Waals surface area contributed by atoms with Crippen LogP contribution >= 0.6 is 27.5 Å². The van der Waals surface area contributed by atoms with Crippen molar-refractivity contribution in [3.63, 3.8) is 0 Å². The van der Waals surface area contributed by atoms with Crippen LogP contribution in [0.3, 0.4) is 0 Å². The second kappa shape index (κ2) is 5.67.